The van der Waals surface area contributed by atoms with Crippen LogP contribution in [0.25, 0.3) is 0 Å². The minimum atomic E-state index is -0.253. The molecule has 0 saturated carbocycles. The van der Waals surface area contributed by atoms with Crippen molar-refractivity contribution in [2.24, 2.45) is 13.0 Å². The van der Waals surface area contributed by atoms with E-state index in [0.29, 0.717) is 30.2 Å². The van der Waals surface area contributed by atoms with Crippen molar-refractivity contribution in [3.63, 3.8) is 0 Å². The highest BCUT2D eigenvalue weighted by Crippen LogP contribution is 2.21. The number of ketones is 1. The molecule has 2 aromatic heterocycles. The van der Waals surface area contributed by atoms with Gasteiger partial charge in [-0.15, -0.1) is 0 Å². The molecule has 1 aliphatic rings. The number of amides is 2. The molecule has 2 amide bonds. The number of carbonyl (C=O) groups is 3. The predicted molar refractivity (Wildman–Crippen MR) is 113 cm³/mol. The molecule has 1 fully saturated rings. The molecule has 0 radical (unpaired) electrons. The van der Waals surface area contributed by atoms with Crippen molar-refractivity contribution in [2.45, 2.75) is 19.4 Å². The standard InChI is InChI=1S/C22H24N6O3/c1-26-11-9-23-21(26)20(30)17-8-5-10-27(13-17)19(29)15-28-14-18(12-24-28)25-22(31)16-6-3-2-4-7-16/h2-4,6-7,9,11-12,14,17H,5,8,10,13,15H2,1H3,(H,25,31)/t17-/m1/s1. The fraction of sp³-hybridized carbons (Fsp3) is 0.318. The number of nitrogens with zero attached hydrogens (tertiary/aromatic N) is 5. The molecular weight excluding hydrogens is 396 g/mol. The number of Topliss-reactive ketones (excluding diaryl/α,β-unsaturated/α-hetero) is 1. The van der Waals surface area contributed by atoms with Crippen LogP contribution >= 0.6 is 0 Å². The molecule has 1 aliphatic heterocycles. The van der Waals surface area contributed by atoms with Crippen molar-refractivity contribution >= 4 is 23.3 Å². The van der Waals surface area contributed by atoms with Gasteiger partial charge in [-0.25, -0.2) is 4.98 Å². The van der Waals surface area contributed by atoms with E-state index in [0.717, 1.165) is 12.8 Å². The van der Waals surface area contributed by atoms with Crippen molar-refractivity contribution in [2.75, 3.05) is 18.4 Å². The molecule has 0 spiro atoms. The summed E-state index contributed by atoms with van der Waals surface area (Å²) in [4.78, 5) is 43.6. The lowest BCUT2D eigenvalue weighted by Gasteiger charge is -2.31. The van der Waals surface area contributed by atoms with Gasteiger partial charge in [-0.2, -0.15) is 5.10 Å². The molecule has 1 atom stereocenters. The maximum absolute atomic E-state index is 12.8. The van der Waals surface area contributed by atoms with Crippen molar-refractivity contribution < 1.29 is 14.4 Å². The number of benzene rings is 1. The molecule has 31 heavy (non-hydrogen) atoms. The van der Waals surface area contributed by atoms with Gasteiger partial charge in [-0.3, -0.25) is 19.1 Å². The summed E-state index contributed by atoms with van der Waals surface area (Å²) in [6, 6.07) is 8.88. The normalized spacial score (nSPS) is 16.2. The Morgan fingerprint density at radius 3 is 2.74 bits per heavy atom. The molecule has 3 aromatic rings. The van der Waals surface area contributed by atoms with Gasteiger partial charge in [0.15, 0.2) is 5.82 Å². The number of anilines is 1. The summed E-state index contributed by atoms with van der Waals surface area (Å²) in [6.45, 7) is 1.04. The Labute approximate surface area is 179 Å². The van der Waals surface area contributed by atoms with E-state index >= 15 is 0 Å². The second-order valence-corrected chi connectivity index (χ2v) is 7.65. The van der Waals surface area contributed by atoms with Crippen LogP contribution < -0.4 is 5.32 Å². The second kappa shape index (κ2) is 8.95. The van der Waals surface area contributed by atoms with E-state index in [-0.39, 0.29) is 30.1 Å². The molecule has 0 aliphatic carbocycles. The summed E-state index contributed by atoms with van der Waals surface area (Å²) in [7, 11) is 1.79. The predicted octanol–water partition coefficient (Wildman–Crippen LogP) is 1.99. The van der Waals surface area contributed by atoms with Crippen LogP contribution in [0.2, 0.25) is 0 Å². The number of piperidine rings is 1. The number of carbonyl (C=O) groups excluding carboxylic acids is 3. The van der Waals surface area contributed by atoms with E-state index < -0.39 is 0 Å². The maximum Gasteiger partial charge on any atom is 0.255 e. The Morgan fingerprint density at radius 2 is 2.00 bits per heavy atom. The first-order chi connectivity index (χ1) is 15.0. The average Bonchev–Trinajstić information content (AvgIpc) is 3.42. The van der Waals surface area contributed by atoms with Gasteiger partial charge in [0.2, 0.25) is 11.7 Å². The van der Waals surface area contributed by atoms with E-state index in [2.05, 4.69) is 15.4 Å². The zero-order chi connectivity index (χ0) is 21.8. The van der Waals surface area contributed by atoms with E-state index in [1.54, 1.807) is 59.4 Å². The smallest absolute Gasteiger partial charge is 0.255 e. The average molecular weight is 420 g/mol. The van der Waals surface area contributed by atoms with Gasteiger partial charge in [0.25, 0.3) is 5.91 Å². The Balaban J connectivity index is 1.34. The van der Waals surface area contributed by atoms with Crippen LogP contribution in [0, 0.1) is 5.92 Å². The Bertz CT molecular complexity index is 1090. The van der Waals surface area contributed by atoms with Crippen molar-refractivity contribution in [3.05, 3.63) is 66.5 Å². The monoisotopic (exact) mass is 420 g/mol. The molecule has 1 N–H and O–H groups in total. The summed E-state index contributed by atoms with van der Waals surface area (Å²) in [5, 5.41) is 6.95. The third-order valence-electron chi connectivity index (χ3n) is 5.41. The lowest BCUT2D eigenvalue weighted by Crippen LogP contribution is -2.44. The van der Waals surface area contributed by atoms with Gasteiger partial charge < -0.3 is 14.8 Å². The zero-order valence-corrected chi connectivity index (χ0v) is 17.3. The largest absolute Gasteiger partial charge is 0.340 e. The zero-order valence-electron chi connectivity index (χ0n) is 17.3. The van der Waals surface area contributed by atoms with E-state index in [1.807, 2.05) is 6.07 Å². The van der Waals surface area contributed by atoms with Crippen molar-refractivity contribution in [1.82, 2.24) is 24.2 Å². The van der Waals surface area contributed by atoms with Gasteiger partial charge in [-0.05, 0) is 25.0 Å². The first-order valence-electron chi connectivity index (χ1n) is 10.2. The van der Waals surface area contributed by atoms with Gasteiger partial charge in [0, 0.05) is 50.2 Å². The summed E-state index contributed by atoms with van der Waals surface area (Å²) in [5.74, 6) is -0.211. The van der Waals surface area contributed by atoms with E-state index in [1.165, 1.54) is 10.9 Å². The highest BCUT2D eigenvalue weighted by molar-refractivity contribution is 6.04. The van der Waals surface area contributed by atoms with Crippen molar-refractivity contribution in [1.29, 1.82) is 0 Å². The number of rotatable bonds is 6. The fourth-order valence-electron chi connectivity index (χ4n) is 3.75. The third-order valence-corrected chi connectivity index (χ3v) is 5.41. The number of likely N-dealkylation sites (tertiary alicyclic amines) is 1. The Hall–Kier alpha value is -3.75. The topological polar surface area (TPSA) is 102 Å². The highest BCUT2D eigenvalue weighted by atomic mass is 16.2. The first kappa shape index (κ1) is 20.5. The molecule has 0 bridgehead atoms. The fourth-order valence-corrected chi connectivity index (χ4v) is 3.75. The number of aromatic nitrogens is 4. The van der Waals surface area contributed by atoms with Gasteiger partial charge in [0.05, 0.1) is 11.9 Å². The lowest BCUT2D eigenvalue weighted by molar-refractivity contribution is -0.133. The molecule has 3 heterocycles. The van der Waals surface area contributed by atoms with Crippen LogP contribution in [0.3, 0.4) is 0 Å². The van der Waals surface area contributed by atoms with Gasteiger partial charge in [-0.1, -0.05) is 18.2 Å². The molecule has 0 unspecified atom stereocenters. The third kappa shape index (κ3) is 4.71. The summed E-state index contributed by atoms with van der Waals surface area (Å²) >= 11 is 0. The number of aryl methyl sites for hydroxylation is 1. The SMILES string of the molecule is Cn1ccnc1C(=O)[C@@H]1CCCN(C(=O)Cn2cc(NC(=O)c3ccccc3)cn2)C1. The number of nitrogens with one attached hydrogen (secondary N) is 1. The van der Waals surface area contributed by atoms with E-state index in [4.69, 9.17) is 0 Å². The molecule has 160 valence electrons. The molecular formula is C22H24N6O3. The van der Waals surface area contributed by atoms with E-state index in [9.17, 15) is 14.4 Å². The summed E-state index contributed by atoms with van der Waals surface area (Å²) < 4.78 is 3.20. The Kier molecular flexibility index (Phi) is 5.92. The van der Waals surface area contributed by atoms with Crippen LogP contribution in [0.15, 0.2) is 55.1 Å². The van der Waals surface area contributed by atoms with Gasteiger partial charge >= 0.3 is 0 Å². The quantitative estimate of drug-likeness (QED) is 0.615. The molecule has 4 rings (SSSR count). The van der Waals surface area contributed by atoms with Crippen LogP contribution in [0.5, 0.6) is 0 Å². The minimum absolute atomic E-state index is 0.0324. The number of hydrogen-bond donors (Lipinski definition) is 1. The Morgan fingerprint density at radius 1 is 1.19 bits per heavy atom. The lowest BCUT2D eigenvalue weighted by atomic mass is 9.93. The number of hydrogen-bond acceptors (Lipinski definition) is 5. The van der Waals surface area contributed by atoms with Crippen LogP contribution in [0.1, 0.15) is 33.8 Å². The second-order valence-electron chi connectivity index (χ2n) is 7.65. The summed E-state index contributed by atoms with van der Waals surface area (Å²) in [6.07, 6.45) is 7.99. The van der Waals surface area contributed by atoms with Crippen LogP contribution in [-0.2, 0) is 18.4 Å². The molecule has 9 nitrogen and oxygen atoms in total. The molecule has 9 heteroatoms. The summed E-state index contributed by atoms with van der Waals surface area (Å²) in [5.41, 5.74) is 1.06. The van der Waals surface area contributed by atoms with Crippen LogP contribution in [0.4, 0.5) is 5.69 Å². The van der Waals surface area contributed by atoms with Gasteiger partial charge in [0.1, 0.15) is 6.54 Å². The highest BCUT2D eigenvalue weighted by Gasteiger charge is 2.30. The van der Waals surface area contributed by atoms with Crippen LogP contribution in [-0.4, -0.2) is 54.9 Å². The number of imidazole rings is 1. The van der Waals surface area contributed by atoms with Crippen molar-refractivity contribution in [3.8, 4) is 0 Å². The molecule has 1 saturated heterocycles. The minimum Gasteiger partial charge on any atom is -0.340 e. The maximum atomic E-state index is 12.8. The first-order valence-corrected chi connectivity index (χ1v) is 10.2. The molecule has 1 aromatic carbocycles.